The molecule has 1 aliphatic heterocycles. The van der Waals surface area contributed by atoms with E-state index in [0.29, 0.717) is 11.6 Å². The molecule has 2 aliphatic rings. The summed E-state index contributed by atoms with van der Waals surface area (Å²) in [4.78, 5) is 50.0. The first-order valence-electron chi connectivity index (χ1n) is 9.21. The molecule has 1 aliphatic carbocycles. The van der Waals surface area contributed by atoms with E-state index < -0.39 is 30.9 Å². The summed E-state index contributed by atoms with van der Waals surface area (Å²) in [6.07, 6.45) is 2.22. The van der Waals surface area contributed by atoms with E-state index >= 15 is 0 Å². The van der Waals surface area contributed by atoms with Gasteiger partial charge in [0.1, 0.15) is 6.54 Å². The Balaban J connectivity index is 1.38. The van der Waals surface area contributed by atoms with Gasteiger partial charge in [-0.25, -0.2) is 0 Å². The number of benzene rings is 1. The van der Waals surface area contributed by atoms with E-state index in [9.17, 15) is 19.2 Å². The lowest BCUT2D eigenvalue weighted by Crippen LogP contribution is -2.36. The summed E-state index contributed by atoms with van der Waals surface area (Å²) in [5, 5.41) is 0. The summed E-state index contributed by atoms with van der Waals surface area (Å²) < 4.78 is 7.20. The van der Waals surface area contributed by atoms with Crippen LogP contribution in [0.1, 0.15) is 61.3 Å². The van der Waals surface area contributed by atoms with E-state index in [1.165, 1.54) is 0 Å². The third-order valence-corrected chi connectivity index (χ3v) is 5.23. The van der Waals surface area contributed by atoms with Crippen molar-refractivity contribution in [2.45, 2.75) is 32.7 Å². The van der Waals surface area contributed by atoms with Gasteiger partial charge in [-0.3, -0.25) is 24.1 Å². The van der Waals surface area contributed by atoms with Gasteiger partial charge in [-0.1, -0.05) is 12.1 Å². The zero-order valence-electron chi connectivity index (χ0n) is 15.7. The van der Waals surface area contributed by atoms with Gasteiger partial charge in [0.15, 0.2) is 6.61 Å². The number of carbonyl (C=O) groups excluding carboxylic acids is 4. The first-order chi connectivity index (χ1) is 13.4. The van der Waals surface area contributed by atoms with Crippen LogP contribution in [0.3, 0.4) is 0 Å². The number of aromatic nitrogens is 1. The van der Waals surface area contributed by atoms with E-state index in [0.717, 1.165) is 29.1 Å². The summed E-state index contributed by atoms with van der Waals surface area (Å²) in [6.45, 7) is 2.91. The molecule has 0 bridgehead atoms. The van der Waals surface area contributed by atoms with Crippen LogP contribution < -0.4 is 0 Å². The Hall–Kier alpha value is -3.22. The van der Waals surface area contributed by atoms with Gasteiger partial charge < -0.3 is 9.30 Å². The molecular weight excluding hydrogens is 360 g/mol. The topological polar surface area (TPSA) is 85.7 Å². The van der Waals surface area contributed by atoms with Crippen LogP contribution in [0.2, 0.25) is 0 Å². The van der Waals surface area contributed by atoms with Crippen LogP contribution >= 0.6 is 0 Å². The average molecular weight is 380 g/mol. The van der Waals surface area contributed by atoms with Gasteiger partial charge in [0.05, 0.1) is 11.1 Å². The number of amides is 2. The third-order valence-electron chi connectivity index (χ3n) is 5.23. The number of nitrogens with zero attached hydrogens (tertiary/aromatic N) is 2. The molecule has 2 heterocycles. The molecule has 144 valence electrons. The van der Waals surface area contributed by atoms with Gasteiger partial charge in [0.25, 0.3) is 11.8 Å². The monoisotopic (exact) mass is 380 g/mol. The molecular formula is C21H20N2O5. The summed E-state index contributed by atoms with van der Waals surface area (Å²) in [7, 11) is 0. The van der Waals surface area contributed by atoms with E-state index in [1.54, 1.807) is 24.3 Å². The van der Waals surface area contributed by atoms with Crippen molar-refractivity contribution in [3.8, 4) is 0 Å². The lowest BCUT2D eigenvalue weighted by molar-refractivity contribution is -0.142. The molecule has 7 heteroatoms. The van der Waals surface area contributed by atoms with Crippen LogP contribution in [0.4, 0.5) is 0 Å². The minimum absolute atomic E-state index is 0.267. The molecule has 0 atom stereocenters. The highest BCUT2D eigenvalue weighted by Gasteiger charge is 2.36. The fraction of sp³-hybridized carbons (Fsp3) is 0.333. The fourth-order valence-electron chi connectivity index (χ4n) is 3.74. The first kappa shape index (κ1) is 18.2. The van der Waals surface area contributed by atoms with Gasteiger partial charge in [0.2, 0.25) is 5.78 Å². The summed E-state index contributed by atoms with van der Waals surface area (Å²) in [5.41, 5.74) is 2.97. The zero-order valence-corrected chi connectivity index (χ0v) is 15.7. The van der Waals surface area contributed by atoms with E-state index in [-0.39, 0.29) is 16.9 Å². The molecule has 7 nitrogen and oxygen atoms in total. The number of imide groups is 1. The quantitative estimate of drug-likeness (QED) is 0.437. The maximum Gasteiger partial charge on any atom is 0.326 e. The Bertz CT molecular complexity index is 981. The van der Waals surface area contributed by atoms with Crippen LogP contribution in [0.5, 0.6) is 0 Å². The van der Waals surface area contributed by atoms with Gasteiger partial charge >= 0.3 is 5.97 Å². The van der Waals surface area contributed by atoms with Crippen molar-refractivity contribution < 1.29 is 23.9 Å². The largest absolute Gasteiger partial charge is 0.456 e. The van der Waals surface area contributed by atoms with Crippen LogP contribution in [-0.4, -0.2) is 46.2 Å². The van der Waals surface area contributed by atoms with Crippen LogP contribution in [0, 0.1) is 13.8 Å². The highest BCUT2D eigenvalue weighted by molar-refractivity contribution is 6.22. The van der Waals surface area contributed by atoms with E-state index in [1.807, 2.05) is 19.9 Å². The van der Waals surface area contributed by atoms with Crippen LogP contribution in [0.15, 0.2) is 30.3 Å². The lowest BCUT2D eigenvalue weighted by atomic mass is 10.1. The smallest absolute Gasteiger partial charge is 0.326 e. The summed E-state index contributed by atoms with van der Waals surface area (Å²) in [6, 6.07) is 8.66. The lowest BCUT2D eigenvalue weighted by Gasteiger charge is -2.13. The predicted molar refractivity (Wildman–Crippen MR) is 99.3 cm³/mol. The Morgan fingerprint density at radius 1 is 1.07 bits per heavy atom. The van der Waals surface area contributed by atoms with Gasteiger partial charge in [-0.05, 0) is 44.9 Å². The average Bonchev–Trinajstić information content (AvgIpc) is 3.43. The Morgan fingerprint density at radius 2 is 1.68 bits per heavy atom. The standard InChI is InChI=1S/C21H20N2O5/c1-12-9-17(13(2)23(12)14-7-8-14)18(24)11-28-19(25)10-22-20(26)15-5-3-4-6-16(15)21(22)27/h3-6,9,14H,7-8,10-11H2,1-2H3. The minimum atomic E-state index is -0.793. The highest BCUT2D eigenvalue weighted by atomic mass is 16.5. The molecule has 1 saturated carbocycles. The van der Waals surface area contributed by atoms with Crippen LogP contribution in [-0.2, 0) is 9.53 Å². The molecule has 1 fully saturated rings. The normalized spacial score (nSPS) is 15.7. The first-order valence-corrected chi connectivity index (χ1v) is 9.21. The molecule has 28 heavy (non-hydrogen) atoms. The fourth-order valence-corrected chi connectivity index (χ4v) is 3.74. The van der Waals surface area contributed by atoms with Crippen LogP contribution in [0.25, 0.3) is 0 Å². The molecule has 0 radical (unpaired) electrons. The predicted octanol–water partition coefficient (Wildman–Crippen LogP) is 2.46. The Kier molecular flexibility index (Phi) is 4.37. The second-order valence-corrected chi connectivity index (χ2v) is 7.21. The molecule has 2 amide bonds. The third kappa shape index (κ3) is 3.02. The van der Waals surface area contributed by atoms with Gasteiger partial charge in [-0.15, -0.1) is 0 Å². The Morgan fingerprint density at radius 3 is 2.25 bits per heavy atom. The molecule has 0 N–H and O–H groups in total. The number of hydrogen-bond donors (Lipinski definition) is 0. The number of aryl methyl sites for hydroxylation is 1. The molecule has 1 aromatic carbocycles. The van der Waals surface area contributed by atoms with Crippen molar-refractivity contribution in [3.05, 3.63) is 58.4 Å². The number of hydrogen-bond acceptors (Lipinski definition) is 5. The number of carbonyl (C=O) groups is 4. The van der Waals surface area contributed by atoms with Gasteiger partial charge in [-0.2, -0.15) is 0 Å². The number of ketones is 1. The molecule has 4 rings (SSSR count). The second-order valence-electron chi connectivity index (χ2n) is 7.21. The highest BCUT2D eigenvalue weighted by Crippen LogP contribution is 2.38. The van der Waals surface area contributed by atoms with Crippen molar-refractivity contribution in [2.24, 2.45) is 0 Å². The summed E-state index contributed by atoms with van der Waals surface area (Å²) in [5.74, 6) is -2.15. The number of fused-ring (bicyclic) bond motifs is 1. The maximum atomic E-state index is 12.5. The zero-order chi connectivity index (χ0) is 20.0. The number of esters is 1. The van der Waals surface area contributed by atoms with Gasteiger partial charge in [0, 0.05) is 23.0 Å². The molecule has 1 aromatic heterocycles. The van der Waals surface area contributed by atoms with Crippen molar-refractivity contribution in [1.82, 2.24) is 9.47 Å². The molecule has 0 spiro atoms. The van der Waals surface area contributed by atoms with Crippen molar-refractivity contribution in [1.29, 1.82) is 0 Å². The van der Waals surface area contributed by atoms with Crippen molar-refractivity contribution in [2.75, 3.05) is 13.2 Å². The minimum Gasteiger partial charge on any atom is -0.456 e. The van der Waals surface area contributed by atoms with E-state index in [4.69, 9.17) is 4.74 Å². The van der Waals surface area contributed by atoms with Crippen molar-refractivity contribution >= 4 is 23.6 Å². The SMILES string of the molecule is Cc1cc(C(=O)COC(=O)CN2C(=O)c3ccccc3C2=O)c(C)n1C1CC1. The summed E-state index contributed by atoms with van der Waals surface area (Å²) >= 11 is 0. The molecule has 0 saturated heterocycles. The van der Waals surface area contributed by atoms with Crippen molar-refractivity contribution in [3.63, 3.8) is 0 Å². The molecule has 0 unspecified atom stereocenters. The second kappa shape index (κ2) is 6.74. The maximum absolute atomic E-state index is 12.5. The van der Waals surface area contributed by atoms with E-state index in [2.05, 4.69) is 4.57 Å². The number of Topliss-reactive ketones (excluding diaryl/α,β-unsaturated/α-hetero) is 1. The molecule has 2 aromatic rings. The Labute approximate surface area is 161 Å². The number of rotatable bonds is 6. The number of ether oxygens (including phenoxy) is 1.